The number of ketones is 2. The molecule has 0 amide bonds. The molecule has 5 heteroatoms. The lowest BCUT2D eigenvalue weighted by atomic mass is 9.66. The highest BCUT2D eigenvalue weighted by molar-refractivity contribution is 6.24. The molecule has 1 unspecified atom stereocenters. The van der Waals surface area contributed by atoms with E-state index in [4.69, 9.17) is 10.1 Å². The van der Waals surface area contributed by atoms with E-state index in [1.165, 1.54) is 0 Å². The first-order chi connectivity index (χ1) is 8.35. The molecule has 0 heterocycles. The zero-order chi connectivity index (χ0) is 13.9. The zero-order valence-electron chi connectivity index (χ0n) is 11.2. The van der Waals surface area contributed by atoms with Gasteiger partial charge >= 0.3 is 0 Å². The Balaban J connectivity index is 3.12. The number of carbonyl (C=O) groups excluding carboxylic acids is 2. The molecule has 1 atom stereocenters. The minimum absolute atomic E-state index is 0.0642. The molecule has 1 aliphatic carbocycles. The van der Waals surface area contributed by atoms with Crippen LogP contribution in [-0.4, -0.2) is 18.2 Å². The van der Waals surface area contributed by atoms with Crippen LogP contribution in [0.4, 0.5) is 0 Å². The van der Waals surface area contributed by atoms with Crippen LogP contribution in [0.1, 0.15) is 34.1 Å². The lowest BCUT2D eigenvalue weighted by Crippen LogP contribution is -2.41. The number of hydroxylamine groups is 1. The number of hydrogen-bond acceptors (Lipinski definition) is 5. The monoisotopic (exact) mass is 250 g/mol. The SMILES string of the molecule is CCONC(C)=C1C(=O)CC(C)(C)C(C#N)C1=O. The summed E-state index contributed by atoms with van der Waals surface area (Å²) in [7, 11) is 0. The van der Waals surface area contributed by atoms with Crippen LogP contribution in [0.5, 0.6) is 0 Å². The standard InChI is InChI=1S/C13H18N2O3/c1-5-18-15-8(2)11-10(16)6-13(3,4)9(7-14)12(11)17/h9,15H,5-6H2,1-4H3. The summed E-state index contributed by atoms with van der Waals surface area (Å²) in [5.41, 5.74) is 2.39. The minimum Gasteiger partial charge on any atom is -0.294 e. The van der Waals surface area contributed by atoms with Crippen molar-refractivity contribution in [2.75, 3.05) is 6.61 Å². The Kier molecular flexibility index (Phi) is 4.25. The van der Waals surface area contributed by atoms with E-state index in [1.807, 2.05) is 6.07 Å². The molecule has 5 nitrogen and oxygen atoms in total. The second-order valence-electron chi connectivity index (χ2n) is 5.05. The van der Waals surface area contributed by atoms with E-state index in [1.54, 1.807) is 27.7 Å². The highest BCUT2D eigenvalue weighted by Gasteiger charge is 2.45. The van der Waals surface area contributed by atoms with Crippen LogP contribution in [0.15, 0.2) is 11.3 Å². The second kappa shape index (κ2) is 5.32. The molecule has 1 fully saturated rings. The number of allylic oxidation sites excluding steroid dienone is 2. The molecule has 98 valence electrons. The largest absolute Gasteiger partial charge is 0.294 e. The summed E-state index contributed by atoms with van der Waals surface area (Å²) >= 11 is 0. The summed E-state index contributed by atoms with van der Waals surface area (Å²) in [5.74, 6) is -1.44. The number of nitrogens with zero attached hydrogens (tertiary/aromatic N) is 1. The molecule has 0 saturated heterocycles. The van der Waals surface area contributed by atoms with Gasteiger partial charge in [-0.3, -0.25) is 19.9 Å². The number of carbonyl (C=O) groups is 2. The molecule has 0 radical (unpaired) electrons. The molecule has 0 bridgehead atoms. The van der Waals surface area contributed by atoms with E-state index in [0.717, 1.165) is 0 Å². The summed E-state index contributed by atoms with van der Waals surface area (Å²) in [5, 5.41) is 9.10. The van der Waals surface area contributed by atoms with Crippen LogP contribution in [0.3, 0.4) is 0 Å². The topological polar surface area (TPSA) is 79.2 Å². The molecule has 0 aliphatic heterocycles. The molecule has 1 rings (SSSR count). The fourth-order valence-corrected chi connectivity index (χ4v) is 2.10. The van der Waals surface area contributed by atoms with Crippen LogP contribution >= 0.6 is 0 Å². The first kappa shape index (κ1) is 14.4. The maximum atomic E-state index is 12.2. The number of nitriles is 1. The second-order valence-corrected chi connectivity index (χ2v) is 5.05. The first-order valence-electron chi connectivity index (χ1n) is 5.90. The van der Waals surface area contributed by atoms with E-state index in [2.05, 4.69) is 5.48 Å². The summed E-state index contributed by atoms with van der Waals surface area (Å²) in [6.45, 7) is 7.34. The smallest absolute Gasteiger partial charge is 0.185 e. The van der Waals surface area contributed by atoms with Gasteiger partial charge in [-0.05, 0) is 19.3 Å². The molecular formula is C13H18N2O3. The van der Waals surface area contributed by atoms with Gasteiger partial charge in [-0.15, -0.1) is 0 Å². The molecule has 18 heavy (non-hydrogen) atoms. The van der Waals surface area contributed by atoms with Crippen molar-refractivity contribution in [1.82, 2.24) is 5.48 Å². The first-order valence-corrected chi connectivity index (χ1v) is 5.90. The quantitative estimate of drug-likeness (QED) is 0.466. The minimum atomic E-state index is -0.788. The lowest BCUT2D eigenvalue weighted by molar-refractivity contribution is -0.130. The third-order valence-corrected chi connectivity index (χ3v) is 3.06. The van der Waals surface area contributed by atoms with E-state index in [9.17, 15) is 9.59 Å². The average molecular weight is 250 g/mol. The Morgan fingerprint density at radius 1 is 1.56 bits per heavy atom. The maximum absolute atomic E-state index is 12.2. The fraction of sp³-hybridized carbons (Fsp3) is 0.615. The number of hydrogen-bond donors (Lipinski definition) is 1. The molecule has 0 aromatic carbocycles. The number of nitrogens with one attached hydrogen (secondary N) is 1. The Morgan fingerprint density at radius 3 is 2.67 bits per heavy atom. The normalized spacial score (nSPS) is 25.6. The molecule has 1 aliphatic rings. The van der Waals surface area contributed by atoms with Crippen molar-refractivity contribution in [3.05, 3.63) is 11.3 Å². The van der Waals surface area contributed by atoms with Gasteiger partial charge in [-0.1, -0.05) is 13.8 Å². The van der Waals surface area contributed by atoms with E-state index < -0.39 is 17.1 Å². The van der Waals surface area contributed by atoms with Crippen molar-refractivity contribution in [2.24, 2.45) is 11.3 Å². The van der Waals surface area contributed by atoms with Gasteiger partial charge in [0, 0.05) is 12.1 Å². The predicted molar refractivity (Wildman–Crippen MR) is 65.0 cm³/mol. The van der Waals surface area contributed by atoms with Crippen molar-refractivity contribution in [3.63, 3.8) is 0 Å². The summed E-state index contributed by atoms with van der Waals surface area (Å²) in [4.78, 5) is 29.2. The fourth-order valence-electron chi connectivity index (χ4n) is 2.10. The van der Waals surface area contributed by atoms with Gasteiger partial charge in [0.15, 0.2) is 11.6 Å². The van der Waals surface area contributed by atoms with E-state index >= 15 is 0 Å². The van der Waals surface area contributed by atoms with Gasteiger partial charge in [0.1, 0.15) is 5.92 Å². The lowest BCUT2D eigenvalue weighted by Gasteiger charge is -2.33. The Bertz CT molecular complexity index is 444. The van der Waals surface area contributed by atoms with Crippen molar-refractivity contribution in [2.45, 2.75) is 34.1 Å². The van der Waals surface area contributed by atoms with Gasteiger partial charge in [0.2, 0.25) is 0 Å². The molecule has 0 aromatic rings. The van der Waals surface area contributed by atoms with Gasteiger partial charge in [-0.25, -0.2) is 0 Å². The molecule has 0 aromatic heterocycles. The van der Waals surface area contributed by atoms with Crippen molar-refractivity contribution < 1.29 is 14.4 Å². The van der Waals surface area contributed by atoms with Crippen LogP contribution < -0.4 is 5.48 Å². The van der Waals surface area contributed by atoms with E-state index in [-0.39, 0.29) is 17.8 Å². The van der Waals surface area contributed by atoms with Gasteiger partial charge in [0.25, 0.3) is 0 Å². The summed E-state index contributed by atoms with van der Waals surface area (Å²) in [6, 6.07) is 2.00. The molecule has 0 spiro atoms. The van der Waals surface area contributed by atoms with Crippen molar-refractivity contribution >= 4 is 11.6 Å². The van der Waals surface area contributed by atoms with Crippen LogP contribution in [0, 0.1) is 22.7 Å². The van der Waals surface area contributed by atoms with Crippen LogP contribution in [0.2, 0.25) is 0 Å². The molecular weight excluding hydrogens is 232 g/mol. The molecule has 1 saturated carbocycles. The van der Waals surface area contributed by atoms with Gasteiger partial charge in [0.05, 0.1) is 18.2 Å². The number of rotatable bonds is 3. The third-order valence-electron chi connectivity index (χ3n) is 3.06. The molecule has 1 N–H and O–H groups in total. The van der Waals surface area contributed by atoms with E-state index in [0.29, 0.717) is 12.3 Å². The van der Waals surface area contributed by atoms with Crippen molar-refractivity contribution in [1.29, 1.82) is 5.26 Å². The Hall–Kier alpha value is -1.67. The van der Waals surface area contributed by atoms with Gasteiger partial charge in [-0.2, -0.15) is 5.26 Å². The highest BCUT2D eigenvalue weighted by atomic mass is 16.6. The highest BCUT2D eigenvalue weighted by Crippen LogP contribution is 2.39. The third kappa shape index (κ3) is 2.59. The number of Topliss-reactive ketones (excluding diaryl/α,β-unsaturated/α-hetero) is 2. The Labute approximate surface area is 107 Å². The van der Waals surface area contributed by atoms with Crippen molar-refractivity contribution in [3.8, 4) is 6.07 Å². The average Bonchev–Trinajstić information content (AvgIpc) is 2.24. The van der Waals surface area contributed by atoms with Crippen LogP contribution in [-0.2, 0) is 14.4 Å². The van der Waals surface area contributed by atoms with Gasteiger partial charge < -0.3 is 0 Å². The maximum Gasteiger partial charge on any atom is 0.185 e. The zero-order valence-corrected chi connectivity index (χ0v) is 11.2. The predicted octanol–water partition coefficient (Wildman–Crippen LogP) is 1.51. The van der Waals surface area contributed by atoms with Crippen LogP contribution in [0.25, 0.3) is 0 Å². The summed E-state index contributed by atoms with van der Waals surface area (Å²) in [6.07, 6.45) is 0.192. The summed E-state index contributed by atoms with van der Waals surface area (Å²) < 4.78 is 0. The Morgan fingerprint density at radius 2 is 2.17 bits per heavy atom.